The van der Waals surface area contributed by atoms with Gasteiger partial charge in [-0.3, -0.25) is 4.98 Å². The summed E-state index contributed by atoms with van der Waals surface area (Å²) in [7, 11) is -3.65. The smallest absolute Gasteiger partial charge is 0.241 e. The van der Waals surface area contributed by atoms with E-state index < -0.39 is 16.1 Å². The second-order valence-corrected chi connectivity index (χ2v) is 5.71. The number of nitrogens with zero attached hydrogens (tertiary/aromatic N) is 1. The Kier molecular flexibility index (Phi) is 3.60. The topological polar surface area (TPSA) is 79.3 Å². The molecular formula is C12H14N2O3S. The summed E-state index contributed by atoms with van der Waals surface area (Å²) in [6.07, 6.45) is 1.61. The molecule has 0 aliphatic rings. The Labute approximate surface area is 106 Å². The molecule has 1 atom stereocenters. The first-order valence-corrected chi connectivity index (χ1v) is 7.00. The Morgan fingerprint density at radius 2 is 2.11 bits per heavy atom. The number of pyridine rings is 1. The molecule has 0 radical (unpaired) electrons. The number of sulfonamides is 1. The zero-order valence-corrected chi connectivity index (χ0v) is 10.7. The van der Waals surface area contributed by atoms with Crippen molar-refractivity contribution in [3.63, 3.8) is 0 Å². The molecule has 0 fully saturated rings. The van der Waals surface area contributed by atoms with Crippen LogP contribution in [0.4, 0.5) is 0 Å². The van der Waals surface area contributed by atoms with Gasteiger partial charge in [-0.05, 0) is 31.2 Å². The van der Waals surface area contributed by atoms with Crippen molar-refractivity contribution in [3.05, 3.63) is 36.5 Å². The van der Waals surface area contributed by atoms with Crippen LogP contribution >= 0.6 is 0 Å². The maximum absolute atomic E-state index is 12.2. The standard InChI is InChI=1S/C12H14N2O3S/c1-9(8-15)14-18(16,17)12-6-2-5-11-10(12)4-3-7-13-11/h2-7,9,14-15H,8H2,1H3/t9-/m0/s1. The number of fused-ring (bicyclic) bond motifs is 1. The Morgan fingerprint density at radius 3 is 2.83 bits per heavy atom. The highest BCUT2D eigenvalue weighted by Gasteiger charge is 2.19. The van der Waals surface area contributed by atoms with E-state index in [0.29, 0.717) is 10.9 Å². The van der Waals surface area contributed by atoms with Crippen molar-refractivity contribution in [1.82, 2.24) is 9.71 Å². The number of aliphatic hydroxyl groups is 1. The molecule has 1 aromatic heterocycles. The van der Waals surface area contributed by atoms with Gasteiger partial charge in [0.2, 0.25) is 10.0 Å². The van der Waals surface area contributed by atoms with Gasteiger partial charge in [-0.15, -0.1) is 0 Å². The second kappa shape index (κ2) is 5.01. The third kappa shape index (κ3) is 2.50. The van der Waals surface area contributed by atoms with Gasteiger partial charge < -0.3 is 5.11 Å². The van der Waals surface area contributed by atoms with Crippen LogP contribution in [0.15, 0.2) is 41.4 Å². The fourth-order valence-electron chi connectivity index (χ4n) is 1.68. The molecule has 2 aromatic rings. The van der Waals surface area contributed by atoms with E-state index in [4.69, 9.17) is 5.11 Å². The first-order chi connectivity index (χ1) is 8.54. The maximum atomic E-state index is 12.2. The van der Waals surface area contributed by atoms with Crippen molar-refractivity contribution < 1.29 is 13.5 Å². The van der Waals surface area contributed by atoms with E-state index in [0.717, 1.165) is 0 Å². The third-order valence-corrected chi connectivity index (χ3v) is 4.17. The molecule has 0 spiro atoms. The van der Waals surface area contributed by atoms with Gasteiger partial charge >= 0.3 is 0 Å². The van der Waals surface area contributed by atoms with Crippen LogP contribution in [0.2, 0.25) is 0 Å². The van der Waals surface area contributed by atoms with Crippen molar-refractivity contribution in [3.8, 4) is 0 Å². The van der Waals surface area contributed by atoms with Gasteiger partial charge in [0.25, 0.3) is 0 Å². The average molecular weight is 266 g/mol. The first kappa shape index (κ1) is 12.9. The van der Waals surface area contributed by atoms with Crippen molar-refractivity contribution in [1.29, 1.82) is 0 Å². The fourth-order valence-corrected chi connectivity index (χ4v) is 3.13. The van der Waals surface area contributed by atoms with Crippen LogP contribution in [0, 0.1) is 0 Å². The number of hydrogen-bond acceptors (Lipinski definition) is 4. The lowest BCUT2D eigenvalue weighted by Gasteiger charge is -2.12. The van der Waals surface area contributed by atoms with E-state index in [2.05, 4.69) is 9.71 Å². The maximum Gasteiger partial charge on any atom is 0.241 e. The fraction of sp³-hybridized carbons (Fsp3) is 0.250. The Hall–Kier alpha value is -1.50. The number of benzene rings is 1. The van der Waals surface area contributed by atoms with Crippen LogP contribution in [0.5, 0.6) is 0 Å². The summed E-state index contributed by atoms with van der Waals surface area (Å²) in [5.41, 5.74) is 0.622. The van der Waals surface area contributed by atoms with Crippen LogP contribution in [-0.4, -0.2) is 31.2 Å². The lowest BCUT2D eigenvalue weighted by molar-refractivity contribution is 0.265. The number of hydrogen-bond donors (Lipinski definition) is 2. The quantitative estimate of drug-likeness (QED) is 0.861. The minimum absolute atomic E-state index is 0.174. The molecule has 5 nitrogen and oxygen atoms in total. The van der Waals surface area contributed by atoms with Crippen molar-refractivity contribution in [2.24, 2.45) is 0 Å². The second-order valence-electron chi connectivity index (χ2n) is 4.03. The lowest BCUT2D eigenvalue weighted by atomic mass is 10.2. The zero-order valence-electron chi connectivity index (χ0n) is 9.87. The highest BCUT2D eigenvalue weighted by Crippen LogP contribution is 2.21. The largest absolute Gasteiger partial charge is 0.395 e. The van der Waals surface area contributed by atoms with Gasteiger partial charge in [0.15, 0.2) is 0 Å². The molecule has 18 heavy (non-hydrogen) atoms. The van der Waals surface area contributed by atoms with Gasteiger partial charge in [0.1, 0.15) is 0 Å². The monoisotopic (exact) mass is 266 g/mol. The molecule has 2 rings (SSSR count). The molecule has 0 aliphatic carbocycles. The van der Waals surface area contributed by atoms with Crippen LogP contribution in [0.3, 0.4) is 0 Å². The number of aliphatic hydroxyl groups excluding tert-OH is 1. The summed E-state index contributed by atoms with van der Waals surface area (Å²) < 4.78 is 26.7. The van der Waals surface area contributed by atoms with Gasteiger partial charge in [0, 0.05) is 17.6 Å². The van der Waals surface area contributed by atoms with Crippen molar-refractivity contribution in [2.45, 2.75) is 17.9 Å². The summed E-state index contributed by atoms with van der Waals surface area (Å²) in [6, 6.07) is 7.80. The molecule has 0 saturated carbocycles. The highest BCUT2D eigenvalue weighted by atomic mass is 32.2. The van der Waals surface area contributed by atoms with Gasteiger partial charge in [0.05, 0.1) is 17.0 Å². The minimum atomic E-state index is -3.65. The molecule has 0 saturated heterocycles. The molecule has 0 amide bonds. The van der Waals surface area contributed by atoms with Crippen molar-refractivity contribution >= 4 is 20.9 Å². The summed E-state index contributed by atoms with van der Waals surface area (Å²) >= 11 is 0. The normalized spacial score (nSPS) is 13.7. The SMILES string of the molecule is C[C@@H](CO)NS(=O)(=O)c1cccc2ncccc12. The molecule has 96 valence electrons. The number of rotatable bonds is 4. The first-order valence-electron chi connectivity index (χ1n) is 5.51. The van der Waals surface area contributed by atoms with Gasteiger partial charge in [-0.1, -0.05) is 6.07 Å². The lowest BCUT2D eigenvalue weighted by Crippen LogP contribution is -2.35. The van der Waals surface area contributed by atoms with E-state index in [9.17, 15) is 8.42 Å². The Morgan fingerprint density at radius 1 is 1.33 bits per heavy atom. The van der Waals surface area contributed by atoms with Crippen LogP contribution in [0.1, 0.15) is 6.92 Å². The molecule has 6 heteroatoms. The van der Waals surface area contributed by atoms with E-state index in [1.165, 1.54) is 6.07 Å². The van der Waals surface area contributed by atoms with Crippen LogP contribution in [-0.2, 0) is 10.0 Å². The minimum Gasteiger partial charge on any atom is -0.395 e. The predicted octanol–water partition coefficient (Wildman–Crippen LogP) is 0.894. The molecular weight excluding hydrogens is 252 g/mol. The molecule has 0 bridgehead atoms. The Bertz CT molecular complexity index is 650. The molecule has 1 heterocycles. The molecule has 1 aromatic carbocycles. The van der Waals surface area contributed by atoms with Crippen LogP contribution < -0.4 is 4.72 Å². The highest BCUT2D eigenvalue weighted by molar-refractivity contribution is 7.89. The summed E-state index contributed by atoms with van der Waals surface area (Å²) in [4.78, 5) is 4.29. The van der Waals surface area contributed by atoms with E-state index >= 15 is 0 Å². The number of aromatic nitrogens is 1. The summed E-state index contributed by atoms with van der Waals surface area (Å²) in [5, 5.41) is 9.49. The zero-order chi connectivity index (χ0) is 13.2. The van der Waals surface area contributed by atoms with Gasteiger partial charge in [-0.25, -0.2) is 13.1 Å². The molecule has 0 aliphatic heterocycles. The predicted molar refractivity (Wildman–Crippen MR) is 68.6 cm³/mol. The van der Waals surface area contributed by atoms with E-state index in [1.54, 1.807) is 37.4 Å². The third-order valence-electron chi connectivity index (χ3n) is 2.53. The van der Waals surface area contributed by atoms with E-state index in [-0.39, 0.29) is 11.5 Å². The average Bonchev–Trinajstić information content (AvgIpc) is 2.37. The Balaban J connectivity index is 2.54. The summed E-state index contributed by atoms with van der Waals surface area (Å²) in [5.74, 6) is 0. The summed E-state index contributed by atoms with van der Waals surface area (Å²) in [6.45, 7) is 1.35. The molecule has 0 unspecified atom stereocenters. The van der Waals surface area contributed by atoms with Crippen LogP contribution in [0.25, 0.3) is 10.9 Å². The van der Waals surface area contributed by atoms with Gasteiger partial charge in [-0.2, -0.15) is 0 Å². The van der Waals surface area contributed by atoms with Crippen molar-refractivity contribution in [2.75, 3.05) is 6.61 Å². The molecule has 2 N–H and O–H groups in total. The number of nitrogens with one attached hydrogen (secondary N) is 1. The van der Waals surface area contributed by atoms with E-state index in [1.807, 2.05) is 0 Å².